The smallest absolute Gasteiger partial charge is 0.292 e. The molecule has 26 heavy (non-hydrogen) atoms. The molecule has 4 nitrogen and oxygen atoms in total. The van der Waals surface area contributed by atoms with Crippen LogP contribution in [-0.4, -0.2) is 0 Å². The van der Waals surface area contributed by atoms with E-state index in [1.165, 1.54) is 0 Å². The van der Waals surface area contributed by atoms with Crippen molar-refractivity contribution in [3.8, 4) is 35.1 Å². The Bertz CT molecular complexity index is 1220. The Balaban J connectivity index is 2.09. The molecule has 0 N–H and O–H groups in total. The molecular formula is C22H12N2O2. The van der Waals surface area contributed by atoms with Gasteiger partial charge >= 0.3 is 0 Å². The molecule has 122 valence electrons. The van der Waals surface area contributed by atoms with Gasteiger partial charge in [0.25, 0.3) is 12.5 Å². The highest BCUT2D eigenvalue weighted by atomic mass is 16.5. The second-order valence-electron chi connectivity index (χ2n) is 5.74. The van der Waals surface area contributed by atoms with Gasteiger partial charge in [-0.15, -0.1) is 10.5 Å². The Morgan fingerprint density at radius 2 is 1.38 bits per heavy atom. The first-order chi connectivity index (χ1) is 12.8. The monoisotopic (exact) mass is 336 g/mol. The van der Waals surface area contributed by atoms with Gasteiger partial charge in [0, 0.05) is 5.56 Å². The van der Waals surface area contributed by atoms with E-state index < -0.39 is 0 Å². The summed E-state index contributed by atoms with van der Waals surface area (Å²) in [6.07, 6.45) is 3.47. The summed E-state index contributed by atoms with van der Waals surface area (Å²) in [5.41, 5.74) is 1.75. The zero-order chi connectivity index (χ0) is 17.9. The Labute approximate surface area is 150 Å². The summed E-state index contributed by atoms with van der Waals surface area (Å²) >= 11 is 0. The first-order valence-corrected chi connectivity index (χ1v) is 7.98. The minimum atomic E-state index is 0.468. The third-order valence-electron chi connectivity index (χ3n) is 4.33. The van der Waals surface area contributed by atoms with Crippen LogP contribution in [0.25, 0.3) is 32.7 Å². The first-order valence-electron chi connectivity index (χ1n) is 7.98. The molecule has 0 saturated heterocycles. The lowest BCUT2D eigenvalue weighted by Gasteiger charge is -2.14. The van der Waals surface area contributed by atoms with Crippen LogP contribution in [0.1, 0.15) is 0 Å². The standard InChI is InChI=1S/C22H12N2O2/c23-13-25-17-10-8-16-5-3-7-19(20(16)12-17)22-18-6-2-1-4-15(18)9-11-21(22)26-14-24/h1-12H. The van der Waals surface area contributed by atoms with Crippen LogP contribution in [0.5, 0.6) is 11.5 Å². The predicted molar refractivity (Wildman–Crippen MR) is 99.4 cm³/mol. The Morgan fingerprint density at radius 1 is 0.654 bits per heavy atom. The summed E-state index contributed by atoms with van der Waals surface area (Å²) in [5.74, 6) is 0.959. The fraction of sp³-hybridized carbons (Fsp3) is 0. The van der Waals surface area contributed by atoms with Crippen molar-refractivity contribution in [2.45, 2.75) is 0 Å². The number of nitrogens with zero attached hydrogens (tertiary/aromatic N) is 2. The number of fused-ring (bicyclic) bond motifs is 2. The van der Waals surface area contributed by atoms with Gasteiger partial charge < -0.3 is 9.47 Å². The molecule has 0 amide bonds. The van der Waals surface area contributed by atoms with Gasteiger partial charge in [0.2, 0.25) is 0 Å². The molecule has 0 aliphatic carbocycles. The number of ether oxygens (including phenoxy) is 2. The van der Waals surface area contributed by atoms with E-state index in [1.807, 2.05) is 60.7 Å². The zero-order valence-electron chi connectivity index (χ0n) is 13.6. The van der Waals surface area contributed by atoms with Crippen molar-refractivity contribution in [2.24, 2.45) is 0 Å². The topological polar surface area (TPSA) is 66.0 Å². The number of benzene rings is 4. The molecule has 0 saturated carbocycles. The number of nitriles is 2. The van der Waals surface area contributed by atoms with E-state index in [2.05, 4.69) is 0 Å². The van der Waals surface area contributed by atoms with Crippen LogP contribution < -0.4 is 9.47 Å². The van der Waals surface area contributed by atoms with Gasteiger partial charge in [-0.05, 0) is 45.3 Å². The molecule has 0 spiro atoms. The average Bonchev–Trinajstić information content (AvgIpc) is 2.68. The lowest BCUT2D eigenvalue weighted by Crippen LogP contribution is -1.91. The molecule has 0 bridgehead atoms. The molecule has 0 aliphatic rings. The fourth-order valence-electron chi connectivity index (χ4n) is 3.25. The van der Waals surface area contributed by atoms with E-state index in [1.54, 1.807) is 24.6 Å². The van der Waals surface area contributed by atoms with Crippen LogP contribution in [0.3, 0.4) is 0 Å². The molecule has 0 unspecified atom stereocenters. The molecule has 0 fully saturated rings. The second-order valence-corrected chi connectivity index (χ2v) is 5.74. The molecule has 0 atom stereocenters. The molecule has 4 aromatic rings. The summed E-state index contributed by atoms with van der Waals surface area (Å²) in [7, 11) is 0. The highest BCUT2D eigenvalue weighted by Gasteiger charge is 2.14. The highest BCUT2D eigenvalue weighted by molar-refractivity contribution is 6.08. The van der Waals surface area contributed by atoms with Crippen molar-refractivity contribution in [1.82, 2.24) is 0 Å². The first kappa shape index (κ1) is 15.5. The van der Waals surface area contributed by atoms with Gasteiger partial charge in [0.1, 0.15) is 5.75 Å². The maximum atomic E-state index is 9.06. The van der Waals surface area contributed by atoms with Crippen LogP contribution in [0.2, 0.25) is 0 Å². The molecule has 0 heterocycles. The van der Waals surface area contributed by atoms with E-state index in [4.69, 9.17) is 20.0 Å². The number of hydrogen-bond acceptors (Lipinski definition) is 4. The second kappa shape index (κ2) is 6.47. The summed E-state index contributed by atoms with van der Waals surface area (Å²) < 4.78 is 10.2. The zero-order valence-corrected chi connectivity index (χ0v) is 13.6. The van der Waals surface area contributed by atoms with E-state index in [9.17, 15) is 0 Å². The fourth-order valence-corrected chi connectivity index (χ4v) is 3.25. The van der Waals surface area contributed by atoms with Crippen molar-refractivity contribution in [3.05, 3.63) is 72.8 Å². The van der Waals surface area contributed by atoms with E-state index in [-0.39, 0.29) is 0 Å². The lowest BCUT2D eigenvalue weighted by atomic mass is 9.93. The maximum absolute atomic E-state index is 9.06. The summed E-state index contributed by atoms with van der Waals surface area (Å²) in [5, 5.41) is 21.8. The van der Waals surface area contributed by atoms with Crippen molar-refractivity contribution < 1.29 is 9.47 Å². The van der Waals surface area contributed by atoms with Gasteiger partial charge in [-0.1, -0.05) is 54.6 Å². The maximum Gasteiger partial charge on any atom is 0.292 e. The summed E-state index contributed by atoms with van der Waals surface area (Å²) in [4.78, 5) is 0. The van der Waals surface area contributed by atoms with Crippen molar-refractivity contribution in [1.29, 1.82) is 10.5 Å². The van der Waals surface area contributed by atoms with E-state index in [0.29, 0.717) is 11.5 Å². The van der Waals surface area contributed by atoms with Crippen LogP contribution >= 0.6 is 0 Å². The van der Waals surface area contributed by atoms with Crippen molar-refractivity contribution >= 4 is 21.5 Å². The Hall–Kier alpha value is -4.02. The van der Waals surface area contributed by atoms with Gasteiger partial charge in [0.15, 0.2) is 5.75 Å². The summed E-state index contributed by atoms with van der Waals surface area (Å²) in [6.45, 7) is 0. The third kappa shape index (κ3) is 2.56. The van der Waals surface area contributed by atoms with Gasteiger partial charge in [-0.3, -0.25) is 0 Å². The lowest BCUT2D eigenvalue weighted by molar-refractivity contribution is 0.507. The van der Waals surface area contributed by atoms with Crippen molar-refractivity contribution in [2.75, 3.05) is 0 Å². The van der Waals surface area contributed by atoms with Crippen LogP contribution in [0, 0.1) is 23.0 Å². The van der Waals surface area contributed by atoms with Crippen molar-refractivity contribution in [3.63, 3.8) is 0 Å². The van der Waals surface area contributed by atoms with Gasteiger partial charge in [0.05, 0.1) is 0 Å². The van der Waals surface area contributed by atoms with Gasteiger partial charge in [-0.25, -0.2) is 0 Å². The third-order valence-corrected chi connectivity index (χ3v) is 4.33. The SMILES string of the molecule is N#COc1ccc2cccc(-c3c(OC#N)ccc4ccccc34)c2c1. The molecule has 4 heteroatoms. The van der Waals surface area contributed by atoms with Crippen LogP contribution in [0.4, 0.5) is 0 Å². The normalized spacial score (nSPS) is 10.2. The minimum Gasteiger partial charge on any atom is -0.388 e. The molecular weight excluding hydrogens is 324 g/mol. The molecule has 4 aromatic carbocycles. The Morgan fingerprint density at radius 3 is 2.23 bits per heavy atom. The molecule has 0 aromatic heterocycles. The number of hydrogen-bond donors (Lipinski definition) is 0. The summed E-state index contributed by atoms with van der Waals surface area (Å²) in [6, 6.07) is 23.1. The van der Waals surface area contributed by atoms with Crippen LogP contribution in [-0.2, 0) is 0 Å². The van der Waals surface area contributed by atoms with E-state index in [0.717, 1.165) is 32.7 Å². The van der Waals surface area contributed by atoms with Crippen LogP contribution in [0.15, 0.2) is 72.8 Å². The largest absolute Gasteiger partial charge is 0.388 e. The van der Waals surface area contributed by atoms with E-state index >= 15 is 0 Å². The quantitative estimate of drug-likeness (QED) is 0.471. The molecule has 0 radical (unpaired) electrons. The average molecular weight is 336 g/mol. The minimum absolute atomic E-state index is 0.468. The predicted octanol–water partition coefficient (Wildman–Crippen LogP) is 5.38. The number of rotatable bonds is 3. The molecule has 4 rings (SSSR count). The van der Waals surface area contributed by atoms with Gasteiger partial charge in [-0.2, -0.15) is 0 Å². The molecule has 0 aliphatic heterocycles. The Kier molecular flexibility index (Phi) is 3.86. The highest BCUT2D eigenvalue weighted by Crippen LogP contribution is 2.41.